The highest BCUT2D eigenvalue weighted by molar-refractivity contribution is 5.77. The van der Waals surface area contributed by atoms with E-state index in [-0.39, 0.29) is 17.5 Å². The highest BCUT2D eigenvalue weighted by atomic mass is 16.1. The highest BCUT2D eigenvalue weighted by Crippen LogP contribution is 2.12. The van der Waals surface area contributed by atoms with Gasteiger partial charge in [-0.2, -0.15) is 0 Å². The first-order chi connectivity index (χ1) is 12.1. The van der Waals surface area contributed by atoms with Gasteiger partial charge in [-0.25, -0.2) is 4.98 Å². The van der Waals surface area contributed by atoms with Gasteiger partial charge in [-0.3, -0.25) is 9.59 Å². The van der Waals surface area contributed by atoms with E-state index in [1.807, 2.05) is 55.5 Å². The molecule has 2 N–H and O–H groups in total. The Balaban J connectivity index is 1.54. The summed E-state index contributed by atoms with van der Waals surface area (Å²) in [4.78, 5) is 31.4. The number of carbonyl (C=O) groups is 1. The van der Waals surface area contributed by atoms with Crippen LogP contribution >= 0.6 is 0 Å². The molecule has 0 fully saturated rings. The van der Waals surface area contributed by atoms with E-state index >= 15 is 0 Å². The number of fused-ring (bicyclic) bond motifs is 1. The molecule has 0 aliphatic carbocycles. The molecule has 0 bridgehead atoms. The molecule has 0 radical (unpaired) electrons. The number of hydrogen-bond donors (Lipinski definition) is 2. The molecule has 5 heteroatoms. The predicted molar refractivity (Wildman–Crippen MR) is 98.3 cm³/mol. The lowest BCUT2D eigenvalue weighted by Gasteiger charge is -2.14. The van der Waals surface area contributed by atoms with Crippen LogP contribution in [0.25, 0.3) is 10.9 Å². The van der Waals surface area contributed by atoms with Crippen molar-refractivity contribution in [1.82, 2.24) is 15.3 Å². The number of carbonyl (C=O) groups excluding carboxylic acids is 1. The zero-order valence-corrected chi connectivity index (χ0v) is 14.2. The van der Waals surface area contributed by atoms with Crippen LogP contribution in [0.2, 0.25) is 0 Å². The van der Waals surface area contributed by atoms with Crippen LogP contribution in [0.1, 0.15) is 37.2 Å². The third-order valence-corrected chi connectivity index (χ3v) is 4.16. The van der Waals surface area contributed by atoms with Gasteiger partial charge in [0, 0.05) is 12.8 Å². The Kier molecular flexibility index (Phi) is 5.23. The van der Waals surface area contributed by atoms with Gasteiger partial charge in [0.1, 0.15) is 5.82 Å². The van der Waals surface area contributed by atoms with Crippen LogP contribution in [0.5, 0.6) is 0 Å². The van der Waals surface area contributed by atoms with Gasteiger partial charge in [0.15, 0.2) is 0 Å². The monoisotopic (exact) mass is 335 g/mol. The van der Waals surface area contributed by atoms with Gasteiger partial charge in [0.2, 0.25) is 5.91 Å². The van der Waals surface area contributed by atoms with Crippen molar-refractivity contribution in [2.75, 3.05) is 0 Å². The second-order valence-electron chi connectivity index (χ2n) is 6.08. The molecule has 0 aliphatic rings. The summed E-state index contributed by atoms with van der Waals surface area (Å²) in [5.41, 5.74) is 1.63. The van der Waals surface area contributed by atoms with Crippen molar-refractivity contribution in [1.29, 1.82) is 0 Å². The maximum atomic E-state index is 12.1. The number of benzene rings is 2. The van der Waals surface area contributed by atoms with E-state index in [1.54, 1.807) is 6.07 Å². The number of H-pyrrole nitrogens is 1. The molecule has 25 heavy (non-hydrogen) atoms. The summed E-state index contributed by atoms with van der Waals surface area (Å²) >= 11 is 0. The first-order valence-electron chi connectivity index (χ1n) is 8.46. The van der Waals surface area contributed by atoms with Crippen molar-refractivity contribution in [3.05, 3.63) is 76.3 Å². The quantitative estimate of drug-likeness (QED) is 0.727. The van der Waals surface area contributed by atoms with Gasteiger partial charge in [-0.1, -0.05) is 42.5 Å². The Morgan fingerprint density at radius 3 is 2.64 bits per heavy atom. The van der Waals surface area contributed by atoms with E-state index in [0.717, 1.165) is 5.56 Å². The Bertz CT molecular complexity index is 919. The lowest BCUT2D eigenvalue weighted by Crippen LogP contribution is -2.26. The Hall–Kier alpha value is -2.95. The first kappa shape index (κ1) is 16.9. The minimum Gasteiger partial charge on any atom is -0.350 e. The van der Waals surface area contributed by atoms with Crippen molar-refractivity contribution >= 4 is 16.8 Å². The topological polar surface area (TPSA) is 74.8 Å². The van der Waals surface area contributed by atoms with Crippen molar-refractivity contribution in [3.63, 3.8) is 0 Å². The second kappa shape index (κ2) is 7.75. The molecule has 0 spiro atoms. The van der Waals surface area contributed by atoms with Crippen molar-refractivity contribution < 1.29 is 4.79 Å². The molecule has 0 aliphatic heterocycles. The van der Waals surface area contributed by atoms with E-state index in [9.17, 15) is 9.59 Å². The predicted octanol–water partition coefficient (Wildman–Crippen LogP) is 3.12. The molecule has 2 aromatic carbocycles. The minimum absolute atomic E-state index is 0.000473. The smallest absolute Gasteiger partial charge is 0.258 e. The van der Waals surface area contributed by atoms with Crippen LogP contribution < -0.4 is 10.9 Å². The van der Waals surface area contributed by atoms with E-state index < -0.39 is 0 Å². The van der Waals surface area contributed by atoms with Gasteiger partial charge in [0.25, 0.3) is 5.56 Å². The van der Waals surface area contributed by atoms with Crippen LogP contribution in [0, 0.1) is 0 Å². The number of hydrogen-bond acceptors (Lipinski definition) is 3. The molecular formula is C20H21N3O2. The number of aryl methyl sites for hydroxylation is 1. The van der Waals surface area contributed by atoms with Crippen molar-refractivity contribution in [2.45, 2.75) is 32.2 Å². The van der Waals surface area contributed by atoms with Gasteiger partial charge in [-0.05, 0) is 31.0 Å². The number of rotatable bonds is 6. The number of aromatic nitrogens is 2. The van der Waals surface area contributed by atoms with Gasteiger partial charge >= 0.3 is 0 Å². The summed E-state index contributed by atoms with van der Waals surface area (Å²) in [5, 5.41) is 3.58. The van der Waals surface area contributed by atoms with Gasteiger partial charge in [0.05, 0.1) is 16.9 Å². The third kappa shape index (κ3) is 4.32. The van der Waals surface area contributed by atoms with E-state index in [0.29, 0.717) is 36.0 Å². The van der Waals surface area contributed by atoms with Crippen molar-refractivity contribution in [3.8, 4) is 0 Å². The molecular weight excluding hydrogens is 314 g/mol. The van der Waals surface area contributed by atoms with Gasteiger partial charge in [-0.15, -0.1) is 0 Å². The van der Waals surface area contributed by atoms with Crippen molar-refractivity contribution in [2.24, 2.45) is 0 Å². The molecule has 5 nitrogen and oxygen atoms in total. The lowest BCUT2D eigenvalue weighted by atomic mass is 10.1. The Labute approximate surface area is 146 Å². The second-order valence-corrected chi connectivity index (χ2v) is 6.08. The van der Waals surface area contributed by atoms with Crippen LogP contribution in [0.4, 0.5) is 0 Å². The number of amides is 1. The van der Waals surface area contributed by atoms with Gasteiger partial charge < -0.3 is 10.3 Å². The maximum absolute atomic E-state index is 12.1. The number of para-hydroxylation sites is 1. The summed E-state index contributed by atoms with van der Waals surface area (Å²) in [6, 6.07) is 17.1. The van der Waals surface area contributed by atoms with E-state index in [1.165, 1.54) is 0 Å². The van der Waals surface area contributed by atoms with Crippen LogP contribution in [0.3, 0.4) is 0 Å². The molecule has 128 valence electrons. The SMILES string of the molecule is CC(NC(=O)CCCc1nc2ccccc2c(=O)[nH]1)c1ccccc1. The molecule has 1 heterocycles. The van der Waals surface area contributed by atoms with E-state index in [4.69, 9.17) is 0 Å². The standard InChI is InChI=1S/C20H21N3O2/c1-14(15-8-3-2-4-9-15)21-19(24)13-7-12-18-22-17-11-6-5-10-16(17)20(25)23-18/h2-6,8-11,14H,7,12-13H2,1H3,(H,21,24)(H,22,23,25). The normalized spacial score (nSPS) is 12.0. The average Bonchev–Trinajstić information content (AvgIpc) is 2.62. The number of aromatic amines is 1. The molecule has 0 saturated heterocycles. The molecule has 1 aromatic heterocycles. The van der Waals surface area contributed by atoms with Crippen LogP contribution in [-0.4, -0.2) is 15.9 Å². The van der Waals surface area contributed by atoms with E-state index in [2.05, 4.69) is 15.3 Å². The third-order valence-electron chi connectivity index (χ3n) is 4.16. The molecule has 1 atom stereocenters. The molecule has 3 aromatic rings. The highest BCUT2D eigenvalue weighted by Gasteiger charge is 2.09. The zero-order chi connectivity index (χ0) is 17.6. The average molecular weight is 335 g/mol. The lowest BCUT2D eigenvalue weighted by molar-refractivity contribution is -0.121. The fraction of sp³-hybridized carbons (Fsp3) is 0.250. The fourth-order valence-electron chi connectivity index (χ4n) is 2.81. The largest absolute Gasteiger partial charge is 0.350 e. The maximum Gasteiger partial charge on any atom is 0.258 e. The summed E-state index contributed by atoms with van der Waals surface area (Å²) in [5.74, 6) is 0.618. The summed E-state index contributed by atoms with van der Waals surface area (Å²) in [6.07, 6.45) is 1.59. The van der Waals surface area contributed by atoms with Crippen LogP contribution in [-0.2, 0) is 11.2 Å². The zero-order valence-electron chi connectivity index (χ0n) is 14.2. The number of nitrogens with one attached hydrogen (secondary N) is 2. The summed E-state index contributed by atoms with van der Waals surface area (Å²) < 4.78 is 0. The molecule has 1 unspecified atom stereocenters. The fourth-order valence-corrected chi connectivity index (χ4v) is 2.81. The number of nitrogens with zero attached hydrogens (tertiary/aromatic N) is 1. The molecule has 0 saturated carbocycles. The minimum atomic E-state index is -0.136. The molecule has 3 rings (SSSR count). The first-order valence-corrected chi connectivity index (χ1v) is 8.46. The summed E-state index contributed by atoms with van der Waals surface area (Å²) in [6.45, 7) is 1.97. The Morgan fingerprint density at radius 2 is 1.84 bits per heavy atom. The Morgan fingerprint density at radius 1 is 1.12 bits per heavy atom. The molecule has 1 amide bonds. The van der Waals surface area contributed by atoms with Crippen LogP contribution in [0.15, 0.2) is 59.4 Å². The summed E-state index contributed by atoms with van der Waals surface area (Å²) in [7, 11) is 0.